The highest BCUT2D eigenvalue weighted by molar-refractivity contribution is 6.10. The van der Waals surface area contributed by atoms with Crippen LogP contribution >= 0.6 is 0 Å². The van der Waals surface area contributed by atoms with Crippen LogP contribution in [-0.4, -0.2) is 4.57 Å². The zero-order chi connectivity index (χ0) is 33.8. The Morgan fingerprint density at radius 3 is 1.94 bits per heavy atom. The molecule has 51 heavy (non-hydrogen) atoms. The third-order valence-corrected chi connectivity index (χ3v) is 11.0. The number of aromatic nitrogens is 1. The van der Waals surface area contributed by atoms with E-state index in [9.17, 15) is 0 Å². The second-order valence-electron chi connectivity index (χ2n) is 13.7. The molecule has 8 aromatic rings. The van der Waals surface area contributed by atoms with E-state index in [1.54, 1.807) is 0 Å². The molecule has 2 unspecified atom stereocenters. The van der Waals surface area contributed by atoms with Crippen molar-refractivity contribution in [1.82, 2.24) is 4.57 Å². The fourth-order valence-corrected chi connectivity index (χ4v) is 8.94. The molecule has 242 valence electrons. The van der Waals surface area contributed by atoms with Crippen LogP contribution in [0.4, 0.5) is 17.1 Å². The molecule has 0 spiro atoms. The quantitative estimate of drug-likeness (QED) is 0.174. The Morgan fingerprint density at radius 1 is 0.490 bits per heavy atom. The van der Waals surface area contributed by atoms with Crippen LogP contribution in [0, 0.1) is 5.92 Å². The predicted molar refractivity (Wildman–Crippen MR) is 214 cm³/mol. The molecule has 1 aromatic heterocycles. The molecule has 0 bridgehead atoms. The van der Waals surface area contributed by atoms with E-state index >= 15 is 0 Å². The number of fused-ring (bicyclic) bond motifs is 6. The topological polar surface area (TPSA) is 8.17 Å². The van der Waals surface area contributed by atoms with Crippen molar-refractivity contribution in [3.63, 3.8) is 0 Å². The number of rotatable bonds is 6. The molecular weight excluding hydrogens is 617 g/mol. The van der Waals surface area contributed by atoms with E-state index < -0.39 is 0 Å². The van der Waals surface area contributed by atoms with Gasteiger partial charge in [-0.15, -0.1) is 0 Å². The molecular formula is C49H36N2. The number of para-hydroxylation sites is 3. The standard InChI is InChI=1S/C49H36N2/c1-5-17-35(18-6-1)49(36-19-7-2-8-20-36)45-27-15-13-25-41(45)42-31-29-39(33-46(42)49)50(37-21-9-3-10-22-37)40-30-32-44-43-26-14-16-28-47(43)51(48(44)34-40)38-23-11-4-12-24-38/h1-19,21-34,36H,20H2. The summed E-state index contributed by atoms with van der Waals surface area (Å²) in [6, 6.07) is 64.7. The summed E-state index contributed by atoms with van der Waals surface area (Å²) < 4.78 is 2.40. The van der Waals surface area contributed by atoms with Gasteiger partial charge in [0.05, 0.1) is 16.4 Å². The molecule has 2 aliphatic rings. The molecule has 0 radical (unpaired) electrons. The van der Waals surface area contributed by atoms with Crippen molar-refractivity contribution in [2.75, 3.05) is 4.90 Å². The molecule has 0 amide bonds. The average Bonchev–Trinajstić information content (AvgIpc) is 3.70. The minimum Gasteiger partial charge on any atom is -0.310 e. The lowest BCUT2D eigenvalue weighted by molar-refractivity contribution is 0.457. The average molecular weight is 653 g/mol. The lowest BCUT2D eigenvalue weighted by Crippen LogP contribution is -2.35. The van der Waals surface area contributed by atoms with Gasteiger partial charge in [0.15, 0.2) is 0 Å². The highest BCUT2D eigenvalue weighted by atomic mass is 15.1. The first-order valence-electron chi connectivity index (χ1n) is 17.9. The Balaban J connectivity index is 1.23. The van der Waals surface area contributed by atoms with Crippen molar-refractivity contribution in [2.24, 2.45) is 5.92 Å². The second kappa shape index (κ2) is 11.9. The zero-order valence-electron chi connectivity index (χ0n) is 28.2. The fraction of sp³-hybridized carbons (Fsp3) is 0.0612. The van der Waals surface area contributed by atoms with Crippen molar-refractivity contribution in [2.45, 2.75) is 11.8 Å². The highest BCUT2D eigenvalue weighted by Crippen LogP contribution is 2.59. The Labute approximate surface area is 298 Å². The molecule has 0 saturated heterocycles. The van der Waals surface area contributed by atoms with Crippen LogP contribution in [0.25, 0.3) is 38.6 Å². The van der Waals surface area contributed by atoms with Crippen molar-refractivity contribution >= 4 is 38.9 Å². The van der Waals surface area contributed by atoms with Gasteiger partial charge in [-0.2, -0.15) is 0 Å². The van der Waals surface area contributed by atoms with Gasteiger partial charge in [-0.05, 0) is 94.8 Å². The Hall–Kier alpha value is -6.38. The zero-order valence-corrected chi connectivity index (χ0v) is 28.2. The normalized spacial score (nSPS) is 17.5. The summed E-state index contributed by atoms with van der Waals surface area (Å²) in [5, 5.41) is 2.50. The molecule has 7 aromatic carbocycles. The van der Waals surface area contributed by atoms with Crippen molar-refractivity contribution in [1.29, 1.82) is 0 Å². The summed E-state index contributed by atoms with van der Waals surface area (Å²) in [4.78, 5) is 2.43. The van der Waals surface area contributed by atoms with E-state index in [2.05, 4.69) is 210 Å². The SMILES string of the molecule is C1=CCC(C2(c3ccccc3)c3ccccc3-c3ccc(N(c4ccccc4)c4ccc5c6ccccc6n(-c6ccccc6)c5c4)cc32)C=C1. The lowest BCUT2D eigenvalue weighted by atomic mass is 9.62. The third kappa shape index (κ3) is 4.50. The molecule has 2 atom stereocenters. The van der Waals surface area contributed by atoms with Crippen LogP contribution in [0.5, 0.6) is 0 Å². The predicted octanol–water partition coefficient (Wildman–Crippen LogP) is 12.7. The van der Waals surface area contributed by atoms with Crippen LogP contribution in [0.15, 0.2) is 200 Å². The van der Waals surface area contributed by atoms with E-state index in [-0.39, 0.29) is 11.3 Å². The van der Waals surface area contributed by atoms with Gasteiger partial charge in [0.1, 0.15) is 0 Å². The fourth-order valence-electron chi connectivity index (χ4n) is 8.94. The minimum absolute atomic E-state index is 0.269. The first-order valence-corrected chi connectivity index (χ1v) is 17.9. The van der Waals surface area contributed by atoms with Gasteiger partial charge in [0.2, 0.25) is 0 Å². The summed E-state index contributed by atoms with van der Waals surface area (Å²) in [6.07, 6.45) is 10.2. The van der Waals surface area contributed by atoms with E-state index in [0.29, 0.717) is 0 Å². The van der Waals surface area contributed by atoms with Crippen molar-refractivity contribution < 1.29 is 0 Å². The van der Waals surface area contributed by atoms with Gasteiger partial charge < -0.3 is 9.47 Å². The molecule has 1 heterocycles. The van der Waals surface area contributed by atoms with Crippen LogP contribution in [0.2, 0.25) is 0 Å². The van der Waals surface area contributed by atoms with Crippen LogP contribution < -0.4 is 4.90 Å². The lowest BCUT2D eigenvalue weighted by Gasteiger charge is -2.40. The number of allylic oxidation sites excluding steroid dienone is 4. The largest absolute Gasteiger partial charge is 0.310 e. The monoisotopic (exact) mass is 652 g/mol. The highest BCUT2D eigenvalue weighted by Gasteiger charge is 2.49. The first kappa shape index (κ1) is 29.5. The van der Waals surface area contributed by atoms with Gasteiger partial charge in [0, 0.05) is 33.5 Å². The van der Waals surface area contributed by atoms with Gasteiger partial charge in [-0.3, -0.25) is 0 Å². The van der Waals surface area contributed by atoms with E-state index in [0.717, 1.165) is 29.2 Å². The van der Waals surface area contributed by atoms with Gasteiger partial charge in [-0.25, -0.2) is 0 Å². The molecule has 2 aliphatic carbocycles. The second-order valence-corrected chi connectivity index (χ2v) is 13.7. The van der Waals surface area contributed by atoms with Crippen LogP contribution in [0.1, 0.15) is 23.1 Å². The number of hydrogen-bond acceptors (Lipinski definition) is 1. The van der Waals surface area contributed by atoms with E-state index in [1.807, 2.05) is 0 Å². The third-order valence-electron chi connectivity index (χ3n) is 11.0. The van der Waals surface area contributed by atoms with Crippen LogP contribution in [0.3, 0.4) is 0 Å². The Kier molecular flexibility index (Phi) is 6.89. The molecule has 0 aliphatic heterocycles. The Morgan fingerprint density at radius 2 is 1.14 bits per heavy atom. The molecule has 2 heteroatoms. The number of nitrogens with zero attached hydrogens (tertiary/aromatic N) is 2. The summed E-state index contributed by atoms with van der Waals surface area (Å²) >= 11 is 0. The van der Waals surface area contributed by atoms with Gasteiger partial charge in [-0.1, -0.05) is 146 Å². The summed E-state index contributed by atoms with van der Waals surface area (Å²) in [5.41, 5.74) is 13.3. The molecule has 0 saturated carbocycles. The minimum atomic E-state index is -0.337. The van der Waals surface area contributed by atoms with E-state index in [4.69, 9.17) is 0 Å². The van der Waals surface area contributed by atoms with Crippen LogP contribution in [-0.2, 0) is 5.41 Å². The van der Waals surface area contributed by atoms with E-state index in [1.165, 1.54) is 49.6 Å². The molecule has 10 rings (SSSR count). The summed E-state index contributed by atoms with van der Waals surface area (Å²) in [7, 11) is 0. The smallest absolute Gasteiger partial charge is 0.0561 e. The Bertz CT molecular complexity index is 2610. The maximum absolute atomic E-state index is 2.48. The summed E-state index contributed by atoms with van der Waals surface area (Å²) in [6.45, 7) is 0. The number of hydrogen-bond donors (Lipinski definition) is 0. The maximum atomic E-state index is 2.48. The van der Waals surface area contributed by atoms with Crippen molar-refractivity contribution in [3.05, 3.63) is 217 Å². The number of benzene rings is 7. The van der Waals surface area contributed by atoms with Gasteiger partial charge >= 0.3 is 0 Å². The first-order chi connectivity index (χ1) is 25.3. The molecule has 2 nitrogen and oxygen atoms in total. The molecule has 0 fully saturated rings. The number of anilines is 3. The van der Waals surface area contributed by atoms with Crippen molar-refractivity contribution in [3.8, 4) is 16.8 Å². The van der Waals surface area contributed by atoms with Gasteiger partial charge in [0.25, 0.3) is 0 Å². The molecule has 0 N–H and O–H groups in total. The summed E-state index contributed by atoms with van der Waals surface area (Å²) in [5.74, 6) is 0.269. The maximum Gasteiger partial charge on any atom is 0.0561 e.